The first kappa shape index (κ1) is 20.1. The Bertz CT molecular complexity index is 382. The van der Waals surface area contributed by atoms with Crippen LogP contribution in [0.1, 0.15) is 27.1 Å². The summed E-state index contributed by atoms with van der Waals surface area (Å²) < 4.78 is 29.5. The zero-order valence-electron chi connectivity index (χ0n) is 11.0. The summed E-state index contributed by atoms with van der Waals surface area (Å²) in [6, 6.07) is 0. The molecule has 0 saturated carbocycles. The van der Waals surface area contributed by atoms with E-state index in [-0.39, 0.29) is 31.0 Å². The summed E-state index contributed by atoms with van der Waals surface area (Å²) in [4.78, 5) is 20.8. The molecule has 0 heterocycles. The Morgan fingerprint density at radius 2 is 1.44 bits per heavy atom. The molecule has 0 aromatic rings. The second-order valence-electron chi connectivity index (χ2n) is 3.65. The van der Waals surface area contributed by atoms with Gasteiger partial charge in [0.1, 0.15) is 4.75 Å². The van der Waals surface area contributed by atoms with E-state index in [0.717, 1.165) is 0 Å². The maximum absolute atomic E-state index is 11.2. The molecule has 0 atom stereocenters. The molecule has 0 saturated heterocycles. The van der Waals surface area contributed by atoms with Crippen LogP contribution in [0.5, 0.6) is 0 Å². The van der Waals surface area contributed by atoms with Crippen molar-refractivity contribution in [2.45, 2.75) is 30.4 Å². The van der Waals surface area contributed by atoms with Crippen LogP contribution >= 0.6 is 0 Å². The molecule has 0 fully saturated rings. The van der Waals surface area contributed by atoms with Gasteiger partial charge in [-0.2, -0.15) is 8.42 Å². The van der Waals surface area contributed by atoms with Gasteiger partial charge in [-0.1, -0.05) is 0 Å². The summed E-state index contributed by atoms with van der Waals surface area (Å²) in [5.41, 5.74) is 5.24. The zero-order chi connectivity index (χ0) is 13.7. The van der Waals surface area contributed by atoms with E-state index in [0.29, 0.717) is 0 Å². The van der Waals surface area contributed by atoms with Crippen molar-refractivity contribution < 1.29 is 63.8 Å². The smallest absolute Gasteiger partial charge is 1.00 e. The Hall–Kier alpha value is -0.190. The first-order chi connectivity index (χ1) is 7.64. The maximum atomic E-state index is 11.2. The normalized spacial score (nSPS) is 11.7. The van der Waals surface area contributed by atoms with Crippen LogP contribution < -0.4 is 35.3 Å². The van der Waals surface area contributed by atoms with Gasteiger partial charge in [0.15, 0.2) is 0 Å². The fourth-order valence-electron chi connectivity index (χ4n) is 1.36. The minimum absolute atomic E-state index is 0. The topological polar surface area (TPSA) is 155 Å². The molecule has 0 aliphatic carbocycles. The van der Waals surface area contributed by atoms with E-state index in [2.05, 4.69) is 0 Å². The average Bonchev–Trinajstić information content (AvgIpc) is 2.15. The van der Waals surface area contributed by atoms with Gasteiger partial charge >= 0.3 is 41.5 Å². The largest absolute Gasteiger partial charge is 1.00 e. The number of nitrogens with two attached hydrogens (primary N) is 1. The standard InChI is InChI=1S/C8H15NO7S.Na.H/c9-5-8(17(14,15)16,3-1-6(10)11)4-2-7(12)13;;/h1-5,9H2,(H,10,11)(H,12,13)(H,14,15,16);;/q;+1;-1. The van der Waals surface area contributed by atoms with E-state index in [1.165, 1.54) is 0 Å². The van der Waals surface area contributed by atoms with E-state index in [4.69, 9.17) is 20.5 Å². The third-order valence-electron chi connectivity index (χ3n) is 2.51. The van der Waals surface area contributed by atoms with Gasteiger partial charge in [0.25, 0.3) is 10.1 Å². The molecule has 0 rings (SSSR count). The fourth-order valence-corrected chi connectivity index (χ4v) is 2.29. The number of aliphatic carboxylic acids is 2. The van der Waals surface area contributed by atoms with Crippen molar-refractivity contribution in [1.29, 1.82) is 0 Å². The van der Waals surface area contributed by atoms with Crippen LogP contribution in [0.3, 0.4) is 0 Å². The number of hydrogen-bond donors (Lipinski definition) is 4. The predicted molar refractivity (Wildman–Crippen MR) is 58.2 cm³/mol. The van der Waals surface area contributed by atoms with Gasteiger partial charge in [-0.05, 0) is 12.8 Å². The minimum atomic E-state index is -4.62. The Labute approximate surface area is 128 Å². The second kappa shape index (κ2) is 8.08. The molecule has 18 heavy (non-hydrogen) atoms. The number of hydrogen-bond acceptors (Lipinski definition) is 5. The number of carbonyl (C=O) groups is 2. The van der Waals surface area contributed by atoms with E-state index in [1.54, 1.807) is 0 Å². The molecular formula is C8H16NNaO7S. The molecule has 0 aliphatic rings. The first-order valence-corrected chi connectivity index (χ1v) is 6.19. The van der Waals surface area contributed by atoms with E-state index in [9.17, 15) is 18.0 Å². The van der Waals surface area contributed by atoms with Gasteiger partial charge < -0.3 is 17.4 Å². The van der Waals surface area contributed by atoms with E-state index < -0.39 is 59.0 Å². The molecule has 0 aliphatic heterocycles. The average molecular weight is 293 g/mol. The number of carboxylic acid groups (broad SMARTS) is 2. The Morgan fingerprint density at radius 1 is 1.11 bits per heavy atom. The molecule has 0 amide bonds. The first-order valence-electron chi connectivity index (χ1n) is 4.75. The van der Waals surface area contributed by atoms with E-state index >= 15 is 0 Å². The maximum Gasteiger partial charge on any atom is 1.00 e. The Kier molecular flexibility index (Phi) is 9.03. The second-order valence-corrected chi connectivity index (χ2v) is 5.47. The zero-order valence-corrected chi connectivity index (χ0v) is 12.8. The van der Waals surface area contributed by atoms with Crippen LogP contribution in [0.25, 0.3) is 0 Å². The summed E-state index contributed by atoms with van der Waals surface area (Å²) >= 11 is 0. The number of carboxylic acids is 2. The Balaban J connectivity index is -0.00000128. The molecule has 0 bridgehead atoms. The van der Waals surface area contributed by atoms with Crippen molar-refractivity contribution >= 4 is 22.1 Å². The molecule has 0 unspecified atom stereocenters. The van der Waals surface area contributed by atoms with Crippen LogP contribution in [0.2, 0.25) is 0 Å². The summed E-state index contributed by atoms with van der Waals surface area (Å²) in [6.07, 6.45) is -1.89. The van der Waals surface area contributed by atoms with Crippen molar-refractivity contribution in [3.05, 3.63) is 0 Å². The van der Waals surface area contributed by atoms with Crippen molar-refractivity contribution in [3.63, 3.8) is 0 Å². The van der Waals surface area contributed by atoms with Crippen molar-refractivity contribution in [2.24, 2.45) is 5.73 Å². The summed E-state index contributed by atoms with van der Waals surface area (Å²) in [5, 5.41) is 17.0. The van der Waals surface area contributed by atoms with Gasteiger partial charge in [-0.15, -0.1) is 0 Å². The molecular weight excluding hydrogens is 277 g/mol. The van der Waals surface area contributed by atoms with Gasteiger partial charge in [0.2, 0.25) is 0 Å². The molecule has 0 radical (unpaired) electrons. The molecule has 10 heteroatoms. The monoisotopic (exact) mass is 293 g/mol. The van der Waals surface area contributed by atoms with Gasteiger partial charge in [0.05, 0.1) is 0 Å². The molecule has 8 nitrogen and oxygen atoms in total. The van der Waals surface area contributed by atoms with E-state index in [1.807, 2.05) is 0 Å². The van der Waals surface area contributed by atoms with Crippen molar-refractivity contribution in [1.82, 2.24) is 0 Å². The van der Waals surface area contributed by atoms with Gasteiger partial charge in [0, 0.05) is 19.4 Å². The van der Waals surface area contributed by atoms with Crippen molar-refractivity contribution in [3.8, 4) is 0 Å². The van der Waals surface area contributed by atoms with Gasteiger partial charge in [-0.25, -0.2) is 0 Å². The van der Waals surface area contributed by atoms with Crippen LogP contribution in [0.15, 0.2) is 0 Å². The SMILES string of the molecule is NCC(CCC(=O)O)(CCC(=O)O)S(=O)(=O)O.[H-].[Na+]. The molecule has 0 aromatic heterocycles. The Morgan fingerprint density at radius 3 is 1.61 bits per heavy atom. The van der Waals surface area contributed by atoms with Crippen LogP contribution in [-0.2, 0) is 19.7 Å². The summed E-state index contributed by atoms with van der Waals surface area (Å²) in [5.74, 6) is -2.50. The van der Waals surface area contributed by atoms with Crippen LogP contribution in [0, 0.1) is 0 Å². The van der Waals surface area contributed by atoms with Crippen LogP contribution in [0.4, 0.5) is 0 Å². The predicted octanol–water partition coefficient (Wildman–Crippen LogP) is -3.58. The molecule has 0 aromatic carbocycles. The quantitative estimate of drug-likeness (QED) is 0.264. The molecule has 102 valence electrons. The minimum Gasteiger partial charge on any atom is -1.00 e. The molecule has 0 spiro atoms. The fraction of sp³-hybridized carbons (Fsp3) is 0.750. The molecule has 5 N–H and O–H groups in total. The van der Waals surface area contributed by atoms with Gasteiger partial charge in [-0.3, -0.25) is 14.1 Å². The summed E-state index contributed by atoms with van der Waals surface area (Å²) in [6.45, 7) is -0.535. The third-order valence-corrected chi connectivity index (χ3v) is 4.18. The number of rotatable bonds is 8. The van der Waals surface area contributed by atoms with Crippen LogP contribution in [-0.4, -0.2) is 46.4 Å². The summed E-state index contributed by atoms with van der Waals surface area (Å²) in [7, 11) is -4.62. The third kappa shape index (κ3) is 6.12. The van der Waals surface area contributed by atoms with Crippen molar-refractivity contribution in [2.75, 3.05) is 6.54 Å².